The molecular formula is C28H35ClN3O3+. The van der Waals surface area contributed by atoms with E-state index in [-0.39, 0.29) is 18.0 Å². The summed E-state index contributed by atoms with van der Waals surface area (Å²) in [6, 6.07) is 13.7. The first-order chi connectivity index (χ1) is 17.0. The zero-order valence-corrected chi connectivity index (χ0v) is 21.0. The number of fused-ring (bicyclic) bond motifs is 3. The van der Waals surface area contributed by atoms with Gasteiger partial charge in [0.15, 0.2) is 12.6 Å². The smallest absolute Gasteiger partial charge is 0.317 e. The fourth-order valence-electron chi connectivity index (χ4n) is 6.46. The summed E-state index contributed by atoms with van der Waals surface area (Å²) < 4.78 is 7.08. The Morgan fingerprint density at radius 2 is 1.74 bits per heavy atom. The number of esters is 1. The van der Waals surface area contributed by atoms with E-state index in [0.717, 1.165) is 57.2 Å². The standard InChI is InChI=1S/C28H34ClN3O3/c29-23-10-11-25(30-18-23)31-26(33)20-32-16-12-21(13-17-32)24(19-32)35-27(34)28(14-6-1-2-7-15-28)22-8-4-3-5-9-22/h3-5,8-11,18,21,24H,1-2,6-7,12-17,19-20H2/p+1/t21?,24-,32?/m0/s1. The largest absolute Gasteiger partial charge is 0.455 e. The van der Waals surface area contributed by atoms with Crippen molar-refractivity contribution < 1.29 is 18.8 Å². The van der Waals surface area contributed by atoms with Gasteiger partial charge in [-0.3, -0.25) is 9.59 Å². The van der Waals surface area contributed by atoms with E-state index in [0.29, 0.717) is 34.3 Å². The van der Waals surface area contributed by atoms with E-state index in [2.05, 4.69) is 22.4 Å². The highest BCUT2D eigenvalue weighted by Gasteiger charge is 2.51. The summed E-state index contributed by atoms with van der Waals surface area (Å²) in [5.41, 5.74) is 0.540. The van der Waals surface area contributed by atoms with Crippen LogP contribution in [0.5, 0.6) is 0 Å². The molecule has 0 unspecified atom stereocenters. The Morgan fingerprint density at radius 3 is 2.40 bits per heavy atom. The molecule has 1 amide bonds. The van der Waals surface area contributed by atoms with Crippen molar-refractivity contribution in [1.82, 2.24) is 4.98 Å². The van der Waals surface area contributed by atoms with Gasteiger partial charge in [0.2, 0.25) is 0 Å². The first kappa shape index (κ1) is 24.3. The first-order valence-corrected chi connectivity index (χ1v) is 13.4. The number of benzene rings is 1. The third-order valence-corrected chi connectivity index (χ3v) is 8.67. The van der Waals surface area contributed by atoms with Crippen LogP contribution in [0, 0.1) is 5.92 Å². The van der Waals surface area contributed by atoms with Crippen LogP contribution < -0.4 is 5.32 Å². The number of hydrogen-bond acceptors (Lipinski definition) is 4. The number of aromatic nitrogens is 1. The van der Waals surface area contributed by atoms with Crippen LogP contribution in [0.4, 0.5) is 5.82 Å². The van der Waals surface area contributed by atoms with Gasteiger partial charge < -0.3 is 14.5 Å². The number of rotatable bonds is 6. The minimum atomic E-state index is -0.549. The molecule has 1 aromatic carbocycles. The lowest BCUT2D eigenvalue weighted by Crippen LogP contribution is -2.66. The number of nitrogens with zero attached hydrogens (tertiary/aromatic N) is 2. The molecule has 186 valence electrons. The molecule has 1 saturated carbocycles. The molecule has 35 heavy (non-hydrogen) atoms. The van der Waals surface area contributed by atoms with Crippen LogP contribution in [0.2, 0.25) is 5.02 Å². The van der Waals surface area contributed by atoms with Gasteiger partial charge in [-0.1, -0.05) is 67.6 Å². The number of nitrogens with one attached hydrogen (secondary N) is 1. The average molecular weight is 497 g/mol. The number of quaternary nitrogens is 1. The molecule has 3 saturated heterocycles. The van der Waals surface area contributed by atoms with Gasteiger partial charge in [-0.05, 0) is 30.5 Å². The molecule has 6 rings (SSSR count). The number of pyridine rings is 1. The van der Waals surface area contributed by atoms with Crippen LogP contribution in [0.15, 0.2) is 48.7 Å². The van der Waals surface area contributed by atoms with Crippen LogP contribution in [0.25, 0.3) is 0 Å². The van der Waals surface area contributed by atoms with Gasteiger partial charge in [-0.25, -0.2) is 4.98 Å². The van der Waals surface area contributed by atoms with Crippen LogP contribution in [0.1, 0.15) is 56.9 Å². The summed E-state index contributed by atoms with van der Waals surface area (Å²) in [5, 5.41) is 3.44. The molecule has 4 aliphatic rings. The third kappa shape index (κ3) is 5.24. The molecule has 2 bridgehead atoms. The summed E-state index contributed by atoms with van der Waals surface area (Å²) in [6.07, 6.45) is 9.53. The van der Waals surface area contributed by atoms with Crippen molar-refractivity contribution in [3.63, 3.8) is 0 Å². The third-order valence-electron chi connectivity index (χ3n) is 8.45. The van der Waals surface area contributed by atoms with E-state index in [1.165, 1.54) is 19.0 Å². The second-order valence-corrected chi connectivity index (χ2v) is 11.1. The molecular weight excluding hydrogens is 462 g/mol. The predicted molar refractivity (Wildman–Crippen MR) is 136 cm³/mol. The molecule has 2 aromatic rings. The molecule has 4 fully saturated rings. The highest BCUT2D eigenvalue weighted by atomic mass is 35.5. The second-order valence-electron chi connectivity index (χ2n) is 10.7. The number of carbonyl (C=O) groups is 2. The number of piperidine rings is 3. The van der Waals surface area contributed by atoms with Crippen molar-refractivity contribution in [1.29, 1.82) is 0 Å². The van der Waals surface area contributed by atoms with Crippen molar-refractivity contribution in [2.45, 2.75) is 62.9 Å². The maximum atomic E-state index is 13.9. The molecule has 0 spiro atoms. The Labute approximate surface area is 212 Å². The van der Waals surface area contributed by atoms with Gasteiger partial charge in [-0.15, -0.1) is 0 Å². The lowest BCUT2D eigenvalue weighted by Gasteiger charge is -2.52. The zero-order chi connectivity index (χ0) is 24.3. The molecule has 1 aromatic heterocycles. The van der Waals surface area contributed by atoms with Crippen LogP contribution >= 0.6 is 11.6 Å². The number of ether oxygens (including phenoxy) is 1. The second kappa shape index (κ2) is 10.3. The molecule has 6 nitrogen and oxygen atoms in total. The van der Waals surface area contributed by atoms with Crippen LogP contribution in [-0.4, -0.2) is 53.6 Å². The van der Waals surface area contributed by atoms with Gasteiger partial charge in [0.1, 0.15) is 12.4 Å². The Hall–Kier alpha value is -2.44. The topological polar surface area (TPSA) is 68.3 Å². The van der Waals surface area contributed by atoms with E-state index in [9.17, 15) is 9.59 Å². The maximum absolute atomic E-state index is 13.9. The summed E-state index contributed by atoms with van der Waals surface area (Å²) in [4.78, 5) is 31.0. The molecule has 7 heteroatoms. The predicted octanol–water partition coefficient (Wildman–Crippen LogP) is 5.12. The van der Waals surface area contributed by atoms with Gasteiger partial charge in [0.25, 0.3) is 5.91 Å². The average Bonchev–Trinajstić information content (AvgIpc) is 3.14. The molecule has 1 aliphatic carbocycles. The summed E-state index contributed by atoms with van der Waals surface area (Å²) in [7, 11) is 0. The van der Waals surface area contributed by atoms with Crippen LogP contribution in [-0.2, 0) is 19.7 Å². The van der Waals surface area contributed by atoms with Crippen molar-refractivity contribution in [3.8, 4) is 0 Å². The molecule has 4 heterocycles. The highest BCUT2D eigenvalue weighted by Crippen LogP contribution is 2.42. The van der Waals surface area contributed by atoms with Crippen molar-refractivity contribution in [2.24, 2.45) is 5.92 Å². The van der Waals surface area contributed by atoms with Gasteiger partial charge in [-0.2, -0.15) is 0 Å². The SMILES string of the molecule is O=C(C[N+]12CCC(CC1)[C@@H](OC(=O)C1(c3ccccc3)CCCCCC1)C2)Nc1ccc(Cl)cn1. The van der Waals surface area contributed by atoms with Crippen molar-refractivity contribution in [2.75, 3.05) is 31.5 Å². The quantitative estimate of drug-likeness (QED) is 0.342. The van der Waals surface area contributed by atoms with Gasteiger partial charge in [0.05, 0.1) is 23.5 Å². The first-order valence-electron chi connectivity index (χ1n) is 13.0. The van der Waals surface area contributed by atoms with E-state index in [1.807, 2.05) is 18.2 Å². The minimum absolute atomic E-state index is 0.0580. The number of anilines is 1. The van der Waals surface area contributed by atoms with Crippen molar-refractivity contribution in [3.05, 3.63) is 59.2 Å². The number of amides is 1. The Bertz CT molecular complexity index is 1030. The molecule has 0 radical (unpaired) electrons. The van der Waals surface area contributed by atoms with E-state index < -0.39 is 5.41 Å². The van der Waals surface area contributed by atoms with Crippen molar-refractivity contribution >= 4 is 29.3 Å². The number of hydrogen-bond donors (Lipinski definition) is 1. The summed E-state index contributed by atoms with van der Waals surface area (Å²) in [6.45, 7) is 2.98. The zero-order valence-electron chi connectivity index (χ0n) is 20.3. The minimum Gasteiger partial charge on any atom is -0.455 e. The summed E-state index contributed by atoms with van der Waals surface area (Å²) >= 11 is 5.91. The number of halogens is 1. The summed E-state index contributed by atoms with van der Waals surface area (Å²) in [5.74, 6) is 0.774. The Balaban J connectivity index is 1.29. The Morgan fingerprint density at radius 1 is 1.03 bits per heavy atom. The fraction of sp³-hybridized carbons (Fsp3) is 0.536. The van der Waals surface area contributed by atoms with E-state index in [4.69, 9.17) is 16.3 Å². The highest BCUT2D eigenvalue weighted by molar-refractivity contribution is 6.30. The number of carbonyl (C=O) groups excluding carboxylic acids is 2. The van der Waals surface area contributed by atoms with E-state index in [1.54, 1.807) is 12.1 Å². The van der Waals surface area contributed by atoms with E-state index >= 15 is 0 Å². The van der Waals surface area contributed by atoms with Crippen LogP contribution in [0.3, 0.4) is 0 Å². The Kier molecular flexibility index (Phi) is 7.12. The van der Waals surface area contributed by atoms with Gasteiger partial charge >= 0.3 is 5.97 Å². The fourth-order valence-corrected chi connectivity index (χ4v) is 6.58. The maximum Gasteiger partial charge on any atom is 0.317 e. The molecule has 1 atom stereocenters. The lowest BCUT2D eigenvalue weighted by molar-refractivity contribution is -0.939. The lowest BCUT2D eigenvalue weighted by atomic mass is 9.74. The normalized spacial score (nSPS) is 27.6. The monoisotopic (exact) mass is 496 g/mol. The van der Waals surface area contributed by atoms with Gasteiger partial charge in [0, 0.05) is 25.0 Å². The molecule has 1 N–H and O–H groups in total. The molecule has 3 aliphatic heterocycles.